The zero-order valence-corrected chi connectivity index (χ0v) is 11.2. The monoisotopic (exact) mass is 234 g/mol. The molecule has 0 heterocycles. The molecule has 1 aromatic carbocycles. The van der Waals surface area contributed by atoms with Crippen LogP contribution in [-0.4, -0.2) is 11.6 Å². The summed E-state index contributed by atoms with van der Waals surface area (Å²) in [6, 6.07) is 10.4. The number of benzene rings is 1. The van der Waals surface area contributed by atoms with Crippen LogP contribution >= 0.6 is 0 Å². The summed E-state index contributed by atoms with van der Waals surface area (Å²) >= 11 is 0. The summed E-state index contributed by atoms with van der Waals surface area (Å²) in [6.45, 7) is 7.58. The van der Waals surface area contributed by atoms with Crippen LogP contribution in [0.3, 0.4) is 0 Å². The van der Waals surface area contributed by atoms with Crippen LogP contribution in [0.1, 0.15) is 52.0 Å². The Morgan fingerprint density at radius 1 is 1.29 bits per heavy atom. The summed E-state index contributed by atoms with van der Waals surface area (Å²) in [5, 5.41) is 0. The van der Waals surface area contributed by atoms with Gasteiger partial charge >= 0.3 is 5.97 Å². The molecule has 0 aliphatic carbocycles. The van der Waals surface area contributed by atoms with E-state index in [0.717, 1.165) is 12.8 Å². The number of ether oxygens (including phenoxy) is 1. The van der Waals surface area contributed by atoms with Gasteiger partial charge in [-0.15, -0.1) is 0 Å². The van der Waals surface area contributed by atoms with Crippen molar-refractivity contribution in [1.82, 2.24) is 0 Å². The fraction of sp³-hybridized carbons (Fsp3) is 0.533. The molecule has 1 rings (SSSR count). The van der Waals surface area contributed by atoms with E-state index in [9.17, 15) is 4.79 Å². The molecule has 0 aromatic heterocycles. The van der Waals surface area contributed by atoms with Crippen LogP contribution in [0, 0.1) is 0 Å². The number of esters is 1. The van der Waals surface area contributed by atoms with Gasteiger partial charge in [0.2, 0.25) is 0 Å². The topological polar surface area (TPSA) is 26.3 Å². The molecule has 2 nitrogen and oxygen atoms in total. The smallest absolute Gasteiger partial charge is 0.303 e. The van der Waals surface area contributed by atoms with Crippen LogP contribution in [0.4, 0.5) is 0 Å². The van der Waals surface area contributed by atoms with Gasteiger partial charge in [-0.05, 0) is 38.2 Å². The third-order valence-corrected chi connectivity index (χ3v) is 2.92. The zero-order chi connectivity index (χ0) is 12.9. The lowest BCUT2D eigenvalue weighted by molar-refractivity contribution is -0.154. The minimum Gasteiger partial charge on any atom is -0.460 e. The number of carbonyl (C=O) groups is 1. The average molecular weight is 234 g/mol. The molecule has 0 amide bonds. The number of hydrogen-bond donors (Lipinski definition) is 0. The van der Waals surface area contributed by atoms with E-state index in [-0.39, 0.29) is 5.97 Å². The highest BCUT2D eigenvalue weighted by Gasteiger charge is 2.26. The highest BCUT2D eigenvalue weighted by atomic mass is 16.6. The van der Waals surface area contributed by atoms with Gasteiger partial charge in [-0.3, -0.25) is 4.79 Å². The third kappa shape index (κ3) is 4.59. The van der Waals surface area contributed by atoms with E-state index in [1.807, 2.05) is 19.9 Å². The molecule has 0 aliphatic rings. The molecule has 0 saturated carbocycles. The Balaban J connectivity index is 2.73. The molecule has 17 heavy (non-hydrogen) atoms. The van der Waals surface area contributed by atoms with Gasteiger partial charge in [-0.25, -0.2) is 0 Å². The summed E-state index contributed by atoms with van der Waals surface area (Å²) in [6.07, 6.45) is 1.90. The minimum absolute atomic E-state index is 0.210. The van der Waals surface area contributed by atoms with Gasteiger partial charge < -0.3 is 4.74 Å². The molecule has 0 radical (unpaired) electrons. The van der Waals surface area contributed by atoms with Crippen LogP contribution in [0.15, 0.2) is 30.3 Å². The lowest BCUT2D eigenvalue weighted by Gasteiger charge is -2.29. The van der Waals surface area contributed by atoms with Crippen molar-refractivity contribution in [3.63, 3.8) is 0 Å². The first-order valence-electron chi connectivity index (χ1n) is 6.19. The van der Waals surface area contributed by atoms with E-state index < -0.39 is 5.60 Å². The molecule has 0 saturated heterocycles. The summed E-state index contributed by atoms with van der Waals surface area (Å²) in [5.74, 6) is 0.225. The first kappa shape index (κ1) is 13.8. The van der Waals surface area contributed by atoms with E-state index in [1.54, 1.807) is 0 Å². The van der Waals surface area contributed by atoms with Crippen molar-refractivity contribution in [3.8, 4) is 0 Å². The molecule has 94 valence electrons. The van der Waals surface area contributed by atoms with Crippen LogP contribution in [0.25, 0.3) is 0 Å². The molecular formula is C15H22O2. The van der Waals surface area contributed by atoms with Crippen LogP contribution in [0.5, 0.6) is 0 Å². The van der Waals surface area contributed by atoms with Crippen LogP contribution in [-0.2, 0) is 9.53 Å². The standard InChI is InChI=1S/C15H22O2/c1-5-13(14-9-7-6-8-10-14)11-15(3,4)17-12(2)16/h6-10,13H,5,11H2,1-4H3. The van der Waals surface area contributed by atoms with Crippen molar-refractivity contribution < 1.29 is 9.53 Å². The summed E-state index contributed by atoms with van der Waals surface area (Å²) < 4.78 is 5.35. The Morgan fingerprint density at radius 3 is 2.35 bits per heavy atom. The van der Waals surface area contributed by atoms with Crippen LogP contribution < -0.4 is 0 Å². The normalized spacial score (nSPS) is 13.2. The van der Waals surface area contributed by atoms with E-state index in [4.69, 9.17) is 4.74 Å². The Kier molecular flexibility index (Phi) is 4.73. The van der Waals surface area contributed by atoms with Crippen LogP contribution in [0.2, 0.25) is 0 Å². The second kappa shape index (κ2) is 5.85. The molecule has 1 unspecified atom stereocenters. The van der Waals surface area contributed by atoms with E-state index in [1.165, 1.54) is 12.5 Å². The predicted molar refractivity (Wildman–Crippen MR) is 69.9 cm³/mol. The van der Waals surface area contributed by atoms with E-state index in [0.29, 0.717) is 5.92 Å². The van der Waals surface area contributed by atoms with Gasteiger partial charge in [-0.1, -0.05) is 37.3 Å². The predicted octanol–water partition coefficient (Wildman–Crippen LogP) is 3.91. The largest absolute Gasteiger partial charge is 0.460 e. The van der Waals surface area contributed by atoms with Crippen molar-refractivity contribution in [2.75, 3.05) is 0 Å². The van der Waals surface area contributed by atoms with Crippen molar-refractivity contribution in [2.24, 2.45) is 0 Å². The molecule has 0 spiro atoms. The lowest BCUT2D eigenvalue weighted by atomic mass is 9.86. The maximum atomic E-state index is 11.0. The lowest BCUT2D eigenvalue weighted by Crippen LogP contribution is -2.29. The summed E-state index contributed by atoms with van der Waals surface area (Å²) in [4.78, 5) is 11.0. The van der Waals surface area contributed by atoms with Gasteiger partial charge in [0.05, 0.1) is 0 Å². The average Bonchev–Trinajstić information content (AvgIpc) is 2.25. The molecular weight excluding hydrogens is 212 g/mol. The quantitative estimate of drug-likeness (QED) is 0.722. The maximum absolute atomic E-state index is 11.0. The molecule has 1 aromatic rings. The van der Waals surface area contributed by atoms with Gasteiger partial charge in [-0.2, -0.15) is 0 Å². The first-order chi connectivity index (χ1) is 7.94. The second-order valence-corrected chi connectivity index (χ2v) is 5.07. The van der Waals surface area contributed by atoms with Crippen molar-refractivity contribution >= 4 is 5.97 Å². The first-order valence-corrected chi connectivity index (χ1v) is 6.19. The highest BCUT2D eigenvalue weighted by molar-refractivity contribution is 5.66. The van der Waals surface area contributed by atoms with Gasteiger partial charge in [0.15, 0.2) is 0 Å². The Hall–Kier alpha value is -1.31. The molecule has 2 heteroatoms. The number of carbonyl (C=O) groups excluding carboxylic acids is 1. The number of rotatable bonds is 5. The van der Waals surface area contributed by atoms with Gasteiger partial charge in [0, 0.05) is 6.92 Å². The van der Waals surface area contributed by atoms with E-state index >= 15 is 0 Å². The Morgan fingerprint density at radius 2 is 1.88 bits per heavy atom. The van der Waals surface area contributed by atoms with Crippen molar-refractivity contribution in [1.29, 1.82) is 0 Å². The van der Waals surface area contributed by atoms with Crippen molar-refractivity contribution in [2.45, 2.75) is 52.1 Å². The minimum atomic E-state index is -0.400. The Bertz CT molecular complexity index is 354. The summed E-state index contributed by atoms with van der Waals surface area (Å²) in [7, 11) is 0. The van der Waals surface area contributed by atoms with Gasteiger partial charge in [0.25, 0.3) is 0 Å². The zero-order valence-electron chi connectivity index (χ0n) is 11.2. The van der Waals surface area contributed by atoms with Crippen molar-refractivity contribution in [3.05, 3.63) is 35.9 Å². The van der Waals surface area contributed by atoms with E-state index in [2.05, 4.69) is 31.2 Å². The molecule has 0 aliphatic heterocycles. The number of hydrogen-bond acceptors (Lipinski definition) is 2. The molecule has 0 fully saturated rings. The highest BCUT2D eigenvalue weighted by Crippen LogP contribution is 2.30. The third-order valence-electron chi connectivity index (χ3n) is 2.92. The maximum Gasteiger partial charge on any atom is 0.303 e. The molecule has 0 N–H and O–H groups in total. The molecule has 1 atom stereocenters. The second-order valence-electron chi connectivity index (χ2n) is 5.07. The fourth-order valence-electron chi connectivity index (χ4n) is 2.25. The SMILES string of the molecule is CCC(CC(C)(C)OC(C)=O)c1ccccc1. The van der Waals surface area contributed by atoms with Gasteiger partial charge in [0.1, 0.15) is 5.60 Å². The molecule has 0 bridgehead atoms. The summed E-state index contributed by atoms with van der Waals surface area (Å²) in [5.41, 5.74) is 0.915. The fourth-order valence-corrected chi connectivity index (χ4v) is 2.25. The Labute approximate surface area is 104 Å².